The van der Waals surface area contributed by atoms with Gasteiger partial charge in [0.1, 0.15) is 0 Å². The Balaban J connectivity index is 1.98. The predicted octanol–water partition coefficient (Wildman–Crippen LogP) is -1.24. The normalized spacial score (nSPS) is 18.9. The van der Waals surface area contributed by atoms with E-state index in [0.717, 1.165) is 13.1 Å². The van der Waals surface area contributed by atoms with Crippen LogP contribution in [-0.2, 0) is 13.1 Å². The first kappa shape index (κ1) is 11.6. The lowest BCUT2D eigenvalue weighted by molar-refractivity contribution is -0.884. The Kier molecular flexibility index (Phi) is 3.93. The molecule has 0 amide bonds. The number of nitrogens with one attached hydrogen (secondary N) is 1. The van der Waals surface area contributed by atoms with Crippen molar-refractivity contribution in [1.82, 2.24) is 4.90 Å². The second kappa shape index (κ2) is 5.43. The van der Waals surface area contributed by atoms with Crippen molar-refractivity contribution in [2.24, 2.45) is 0 Å². The Morgan fingerprint density at radius 2 is 1.81 bits per heavy atom. The topological polar surface area (TPSA) is 35.3 Å². The zero-order valence-electron chi connectivity index (χ0n) is 10.2. The molecule has 0 unspecified atom stereocenters. The summed E-state index contributed by atoms with van der Waals surface area (Å²) in [7, 11) is 2.28. The van der Waals surface area contributed by atoms with Crippen LogP contribution < -0.4 is 10.6 Å². The van der Waals surface area contributed by atoms with Crippen molar-refractivity contribution in [3.05, 3.63) is 35.4 Å². The van der Waals surface area contributed by atoms with Gasteiger partial charge in [0.25, 0.3) is 0 Å². The van der Waals surface area contributed by atoms with Crippen LogP contribution in [0.4, 0.5) is 0 Å². The number of benzene rings is 1. The zero-order chi connectivity index (χ0) is 11.4. The molecule has 88 valence electrons. The summed E-state index contributed by atoms with van der Waals surface area (Å²) in [5.74, 6) is 0. The molecule has 1 aliphatic rings. The van der Waals surface area contributed by atoms with Gasteiger partial charge in [-0.1, -0.05) is 24.3 Å². The highest BCUT2D eigenvalue weighted by Crippen LogP contribution is 2.10. The number of rotatable bonds is 3. The smallest absolute Gasteiger partial charge is 0.1000 e. The van der Waals surface area contributed by atoms with Crippen LogP contribution in [0.5, 0.6) is 0 Å². The van der Waals surface area contributed by atoms with Crippen LogP contribution in [-0.4, -0.2) is 38.1 Å². The molecule has 1 aromatic rings. The second-order valence-electron chi connectivity index (χ2n) is 4.75. The molecule has 4 N–H and O–H groups in total. The Hall–Kier alpha value is -0.900. The van der Waals surface area contributed by atoms with E-state index >= 15 is 0 Å². The maximum absolute atomic E-state index is 4.00. The van der Waals surface area contributed by atoms with Gasteiger partial charge in [-0.25, -0.2) is 0 Å². The quantitative estimate of drug-likeness (QED) is 0.658. The van der Waals surface area contributed by atoms with Crippen LogP contribution in [0, 0.1) is 0 Å². The lowest BCUT2D eigenvalue weighted by Gasteiger charge is -2.30. The monoisotopic (exact) mass is 221 g/mol. The molecule has 0 spiro atoms. The fraction of sp³-hybridized carbons (Fsp3) is 0.538. The van der Waals surface area contributed by atoms with Crippen molar-refractivity contribution in [3.8, 4) is 0 Å². The van der Waals surface area contributed by atoms with E-state index < -0.39 is 0 Å². The van der Waals surface area contributed by atoms with Gasteiger partial charge in [0.2, 0.25) is 0 Å². The third-order valence-electron chi connectivity index (χ3n) is 3.49. The first-order valence-corrected chi connectivity index (χ1v) is 6.19. The minimum absolute atomic E-state index is 0.898. The van der Waals surface area contributed by atoms with Crippen molar-refractivity contribution in [3.63, 3.8) is 0 Å². The highest BCUT2D eigenvalue weighted by Gasteiger charge is 2.17. The van der Waals surface area contributed by atoms with Gasteiger partial charge in [0, 0.05) is 25.2 Å². The molecule has 0 saturated carbocycles. The summed E-state index contributed by atoms with van der Waals surface area (Å²) in [4.78, 5) is 4.21. The lowest BCUT2D eigenvalue weighted by Crippen LogP contribution is -3.11. The van der Waals surface area contributed by atoms with Crippen LogP contribution >= 0.6 is 0 Å². The Morgan fingerprint density at radius 1 is 1.19 bits per heavy atom. The van der Waals surface area contributed by atoms with E-state index in [-0.39, 0.29) is 0 Å². The molecule has 3 heteroatoms. The Morgan fingerprint density at radius 3 is 2.44 bits per heavy atom. The van der Waals surface area contributed by atoms with Crippen LogP contribution in [0.25, 0.3) is 0 Å². The molecule has 1 aromatic carbocycles. The highest BCUT2D eigenvalue weighted by molar-refractivity contribution is 5.26. The SMILES string of the molecule is C[NH+]1CCN(Cc2ccccc2C[NH3+])CC1. The van der Waals surface area contributed by atoms with Crippen LogP contribution in [0.1, 0.15) is 11.1 Å². The van der Waals surface area contributed by atoms with E-state index in [9.17, 15) is 0 Å². The van der Waals surface area contributed by atoms with Crippen molar-refractivity contribution in [2.45, 2.75) is 13.1 Å². The summed E-state index contributed by atoms with van der Waals surface area (Å²) in [6, 6.07) is 8.68. The fourth-order valence-electron chi connectivity index (χ4n) is 2.29. The molecule has 0 bridgehead atoms. The molecule has 1 aliphatic heterocycles. The van der Waals surface area contributed by atoms with E-state index in [4.69, 9.17) is 0 Å². The van der Waals surface area contributed by atoms with Gasteiger partial charge < -0.3 is 10.6 Å². The molecule has 0 aromatic heterocycles. The van der Waals surface area contributed by atoms with Gasteiger partial charge in [-0.2, -0.15) is 0 Å². The summed E-state index contributed by atoms with van der Waals surface area (Å²) in [5.41, 5.74) is 6.85. The molecule has 0 atom stereocenters. The molecule has 3 nitrogen and oxygen atoms in total. The van der Waals surface area contributed by atoms with Crippen LogP contribution in [0.2, 0.25) is 0 Å². The van der Waals surface area contributed by atoms with Crippen molar-refractivity contribution in [2.75, 3.05) is 33.2 Å². The van der Waals surface area contributed by atoms with Gasteiger partial charge in [-0.05, 0) is 5.56 Å². The van der Waals surface area contributed by atoms with Crippen molar-refractivity contribution in [1.29, 1.82) is 0 Å². The fourth-order valence-corrected chi connectivity index (χ4v) is 2.29. The maximum Gasteiger partial charge on any atom is 0.1000 e. The number of piperazine rings is 1. The number of nitrogens with zero attached hydrogens (tertiary/aromatic N) is 1. The zero-order valence-corrected chi connectivity index (χ0v) is 10.2. The molecule has 1 fully saturated rings. The Bertz CT molecular complexity index is 330. The minimum atomic E-state index is 0.898. The summed E-state index contributed by atoms with van der Waals surface area (Å²) in [5, 5.41) is 0. The molecular weight excluding hydrogens is 198 g/mol. The molecule has 0 radical (unpaired) electrons. The van der Waals surface area contributed by atoms with E-state index in [0.29, 0.717) is 0 Å². The van der Waals surface area contributed by atoms with E-state index in [1.54, 1.807) is 4.90 Å². The highest BCUT2D eigenvalue weighted by atomic mass is 15.2. The Labute approximate surface area is 97.8 Å². The summed E-state index contributed by atoms with van der Waals surface area (Å²) < 4.78 is 0. The van der Waals surface area contributed by atoms with Gasteiger partial charge in [-0.3, -0.25) is 4.90 Å². The average molecular weight is 221 g/mol. The van der Waals surface area contributed by atoms with Gasteiger partial charge >= 0.3 is 0 Å². The third kappa shape index (κ3) is 2.82. The first-order valence-electron chi connectivity index (χ1n) is 6.19. The standard InChI is InChI=1S/C13H21N3/c1-15-6-8-16(9-7-15)11-13-5-3-2-4-12(13)10-14/h2-5H,6-11,14H2,1H3/p+2. The van der Waals surface area contributed by atoms with Crippen LogP contribution in [0.3, 0.4) is 0 Å². The summed E-state index contributed by atoms with van der Waals surface area (Å²) in [6.45, 7) is 6.97. The average Bonchev–Trinajstić information content (AvgIpc) is 2.33. The molecule has 16 heavy (non-hydrogen) atoms. The van der Waals surface area contributed by atoms with Gasteiger partial charge in [-0.15, -0.1) is 0 Å². The number of hydrogen-bond acceptors (Lipinski definition) is 1. The summed E-state index contributed by atoms with van der Waals surface area (Å²) in [6.07, 6.45) is 0. The third-order valence-corrected chi connectivity index (χ3v) is 3.49. The summed E-state index contributed by atoms with van der Waals surface area (Å²) >= 11 is 0. The number of likely N-dealkylation sites (N-methyl/N-ethyl adjacent to an activating group) is 1. The van der Waals surface area contributed by atoms with Crippen molar-refractivity contribution < 1.29 is 10.6 Å². The van der Waals surface area contributed by atoms with Gasteiger partial charge in [0.05, 0.1) is 26.7 Å². The van der Waals surface area contributed by atoms with Crippen molar-refractivity contribution >= 4 is 0 Å². The second-order valence-corrected chi connectivity index (χ2v) is 4.75. The number of quaternary nitrogens is 2. The molecule has 0 aliphatic carbocycles. The molecular formula is C13H23N3+2. The van der Waals surface area contributed by atoms with E-state index in [1.165, 1.54) is 37.3 Å². The van der Waals surface area contributed by atoms with E-state index in [1.807, 2.05) is 0 Å². The molecule has 2 rings (SSSR count). The van der Waals surface area contributed by atoms with Crippen LogP contribution in [0.15, 0.2) is 24.3 Å². The van der Waals surface area contributed by atoms with Gasteiger partial charge in [0.15, 0.2) is 0 Å². The maximum atomic E-state index is 4.00. The molecule has 1 saturated heterocycles. The molecule has 1 heterocycles. The lowest BCUT2D eigenvalue weighted by atomic mass is 10.1. The minimum Gasteiger partial charge on any atom is -0.354 e. The number of hydrogen-bond donors (Lipinski definition) is 2. The first-order chi connectivity index (χ1) is 7.79. The predicted molar refractivity (Wildman–Crippen MR) is 64.9 cm³/mol. The van der Waals surface area contributed by atoms with E-state index in [2.05, 4.69) is 41.9 Å². The largest absolute Gasteiger partial charge is 0.354 e.